The number of nitrogens with zero attached hydrogens (tertiary/aromatic N) is 2. The summed E-state index contributed by atoms with van der Waals surface area (Å²) >= 11 is 3.15. The number of alkyl halides is 3. The smallest absolute Gasteiger partial charge is 0.416 e. The van der Waals surface area contributed by atoms with Crippen LogP contribution in [0.1, 0.15) is 27.9 Å². The van der Waals surface area contributed by atoms with Gasteiger partial charge in [0.05, 0.1) is 18.7 Å². The zero-order valence-corrected chi connectivity index (χ0v) is 21.0. The van der Waals surface area contributed by atoms with Crippen LogP contribution in [0.15, 0.2) is 45.5 Å². The quantitative estimate of drug-likeness (QED) is 0.301. The molecule has 0 spiro atoms. The highest BCUT2D eigenvalue weighted by Gasteiger charge is 2.31. The molecule has 2 amide bonds. The van der Waals surface area contributed by atoms with Gasteiger partial charge < -0.3 is 29.6 Å². The first-order valence-electron chi connectivity index (χ1n) is 10.6. The van der Waals surface area contributed by atoms with Crippen molar-refractivity contribution in [2.45, 2.75) is 12.3 Å². The van der Waals surface area contributed by atoms with Crippen molar-refractivity contribution in [2.75, 3.05) is 26.8 Å². The number of rotatable bonds is 10. The molecule has 1 atom stereocenters. The third-order valence-corrected chi connectivity index (χ3v) is 5.76. The maximum atomic E-state index is 14.3. The van der Waals surface area contributed by atoms with Crippen LogP contribution in [0.4, 0.5) is 26.7 Å². The molecule has 1 aromatic heterocycles. The first-order chi connectivity index (χ1) is 17.8. The van der Waals surface area contributed by atoms with Crippen molar-refractivity contribution in [3.63, 3.8) is 0 Å². The number of oxazole rings is 1. The molecule has 38 heavy (non-hydrogen) atoms. The van der Waals surface area contributed by atoms with Crippen LogP contribution in [-0.2, 0) is 10.9 Å². The SMILES string of the molecule is COC(CN(CCOc1ccc(F)c(C(N)=O)c1F)C(=O)O)c1nc(-c2ccc(C(F)(F)F)cc2)c(Br)o1. The molecule has 0 aliphatic heterocycles. The second kappa shape index (κ2) is 11.8. The minimum Gasteiger partial charge on any atom is -0.489 e. The zero-order valence-electron chi connectivity index (χ0n) is 19.4. The largest absolute Gasteiger partial charge is 0.489 e. The van der Waals surface area contributed by atoms with E-state index in [-0.39, 0.29) is 29.3 Å². The molecule has 204 valence electrons. The predicted octanol–water partition coefficient (Wildman–Crippen LogP) is 5.25. The standard InChI is InChI=1S/C23H19BrF5N3O6/c1-36-15(21-31-18(19(24)38-21)11-2-4-12(5-3-11)23(27,28)29)10-32(22(34)35)8-9-37-14-7-6-13(25)16(17(14)26)20(30)33/h2-7,15H,8-10H2,1H3,(H2,30,33)(H,34,35). The van der Waals surface area contributed by atoms with Crippen LogP contribution in [0.3, 0.4) is 0 Å². The Balaban J connectivity index is 1.72. The van der Waals surface area contributed by atoms with E-state index in [0.717, 1.165) is 29.2 Å². The minimum absolute atomic E-state index is 0.0721. The number of carbonyl (C=O) groups is 2. The van der Waals surface area contributed by atoms with Gasteiger partial charge in [-0.1, -0.05) is 12.1 Å². The van der Waals surface area contributed by atoms with Gasteiger partial charge in [0, 0.05) is 12.7 Å². The lowest BCUT2D eigenvalue weighted by Crippen LogP contribution is -2.37. The average Bonchev–Trinajstić information content (AvgIpc) is 3.23. The van der Waals surface area contributed by atoms with Crippen LogP contribution >= 0.6 is 15.9 Å². The maximum Gasteiger partial charge on any atom is 0.416 e. The third-order valence-electron chi connectivity index (χ3n) is 5.23. The normalized spacial score (nSPS) is 12.3. The number of methoxy groups -OCH3 is 1. The van der Waals surface area contributed by atoms with E-state index in [1.54, 1.807) is 0 Å². The van der Waals surface area contributed by atoms with Crippen molar-refractivity contribution in [1.29, 1.82) is 0 Å². The van der Waals surface area contributed by atoms with E-state index in [4.69, 9.17) is 19.6 Å². The van der Waals surface area contributed by atoms with E-state index < -0.39 is 59.4 Å². The van der Waals surface area contributed by atoms with Crippen molar-refractivity contribution in [3.05, 3.63) is 69.7 Å². The van der Waals surface area contributed by atoms with Crippen molar-refractivity contribution in [3.8, 4) is 17.0 Å². The van der Waals surface area contributed by atoms with Gasteiger partial charge in [-0.3, -0.25) is 4.79 Å². The Bertz CT molecular complexity index is 1320. The Labute approximate surface area is 220 Å². The summed E-state index contributed by atoms with van der Waals surface area (Å²) < 4.78 is 82.5. The van der Waals surface area contributed by atoms with Gasteiger partial charge in [0.1, 0.15) is 23.7 Å². The number of aromatic nitrogens is 1. The molecule has 0 saturated heterocycles. The van der Waals surface area contributed by atoms with E-state index in [1.165, 1.54) is 19.2 Å². The van der Waals surface area contributed by atoms with E-state index in [9.17, 15) is 36.6 Å². The maximum absolute atomic E-state index is 14.3. The first-order valence-corrected chi connectivity index (χ1v) is 11.4. The number of primary amides is 1. The molecule has 0 radical (unpaired) electrons. The van der Waals surface area contributed by atoms with Gasteiger partial charge in [-0.15, -0.1) is 0 Å². The highest BCUT2D eigenvalue weighted by Crippen LogP contribution is 2.35. The summed E-state index contributed by atoms with van der Waals surface area (Å²) in [6, 6.07) is 5.88. The summed E-state index contributed by atoms with van der Waals surface area (Å²) in [6.07, 6.45) is -6.96. The van der Waals surface area contributed by atoms with Crippen LogP contribution in [0.2, 0.25) is 0 Å². The molecular formula is C23H19BrF5N3O6. The highest BCUT2D eigenvalue weighted by atomic mass is 79.9. The summed E-state index contributed by atoms with van der Waals surface area (Å²) in [7, 11) is 1.26. The lowest BCUT2D eigenvalue weighted by molar-refractivity contribution is -0.137. The fraction of sp³-hybridized carbons (Fsp3) is 0.261. The Kier molecular flexibility index (Phi) is 8.93. The number of carbonyl (C=O) groups excluding carboxylic acids is 1. The number of carboxylic acid groups (broad SMARTS) is 1. The number of halogens is 6. The number of hydrogen-bond acceptors (Lipinski definition) is 6. The van der Waals surface area contributed by atoms with Gasteiger partial charge in [-0.2, -0.15) is 13.2 Å². The summed E-state index contributed by atoms with van der Waals surface area (Å²) in [4.78, 5) is 28.1. The van der Waals surface area contributed by atoms with Crippen molar-refractivity contribution in [1.82, 2.24) is 9.88 Å². The second-order valence-electron chi connectivity index (χ2n) is 7.65. The molecule has 0 fully saturated rings. The Morgan fingerprint density at radius 2 is 1.84 bits per heavy atom. The van der Waals surface area contributed by atoms with Crippen LogP contribution in [-0.4, -0.2) is 53.8 Å². The number of nitrogens with two attached hydrogens (primary N) is 1. The zero-order chi connectivity index (χ0) is 28.2. The van der Waals surface area contributed by atoms with Crippen molar-refractivity contribution in [2.24, 2.45) is 5.73 Å². The predicted molar refractivity (Wildman–Crippen MR) is 124 cm³/mol. The second-order valence-corrected chi connectivity index (χ2v) is 8.37. The summed E-state index contributed by atoms with van der Waals surface area (Å²) in [6.45, 7) is -1.03. The van der Waals surface area contributed by atoms with Crippen molar-refractivity contribution >= 4 is 27.9 Å². The molecule has 3 rings (SSSR count). The fourth-order valence-electron chi connectivity index (χ4n) is 3.31. The number of hydrogen-bond donors (Lipinski definition) is 2. The van der Waals surface area contributed by atoms with Crippen LogP contribution in [0, 0.1) is 11.6 Å². The minimum atomic E-state index is -4.51. The summed E-state index contributed by atoms with van der Waals surface area (Å²) in [5.74, 6) is -4.42. The molecule has 2 aromatic carbocycles. The monoisotopic (exact) mass is 607 g/mol. The van der Waals surface area contributed by atoms with Gasteiger partial charge >= 0.3 is 12.3 Å². The number of ether oxygens (including phenoxy) is 2. The molecule has 0 aliphatic rings. The highest BCUT2D eigenvalue weighted by molar-refractivity contribution is 9.10. The molecule has 9 nitrogen and oxygen atoms in total. The lowest BCUT2D eigenvalue weighted by Gasteiger charge is -2.23. The summed E-state index contributed by atoms with van der Waals surface area (Å²) in [5, 5.41) is 9.58. The topological polar surface area (TPSA) is 128 Å². The van der Waals surface area contributed by atoms with E-state index >= 15 is 0 Å². The molecule has 15 heteroatoms. The van der Waals surface area contributed by atoms with E-state index in [2.05, 4.69) is 20.9 Å². The van der Waals surface area contributed by atoms with Gasteiger partial charge in [0.2, 0.25) is 5.89 Å². The van der Waals surface area contributed by atoms with E-state index in [1.807, 2.05) is 0 Å². The van der Waals surface area contributed by atoms with Crippen LogP contribution in [0.5, 0.6) is 5.75 Å². The molecule has 3 N–H and O–H groups in total. The number of amides is 2. The molecule has 1 unspecified atom stereocenters. The lowest BCUT2D eigenvalue weighted by atomic mass is 10.1. The molecule has 3 aromatic rings. The molecule has 0 bridgehead atoms. The number of benzene rings is 2. The third kappa shape index (κ3) is 6.58. The van der Waals surface area contributed by atoms with Gasteiger partial charge in [0.25, 0.3) is 5.91 Å². The van der Waals surface area contributed by atoms with E-state index in [0.29, 0.717) is 5.56 Å². The van der Waals surface area contributed by atoms with Crippen LogP contribution in [0.25, 0.3) is 11.3 Å². The van der Waals surface area contributed by atoms with Crippen molar-refractivity contribution < 1.29 is 50.5 Å². The van der Waals surface area contributed by atoms with Gasteiger partial charge in [-0.25, -0.2) is 18.6 Å². The molecular weight excluding hydrogens is 589 g/mol. The average molecular weight is 608 g/mol. The molecule has 0 saturated carbocycles. The Hall–Kier alpha value is -3.72. The molecule has 0 aliphatic carbocycles. The van der Waals surface area contributed by atoms with Crippen LogP contribution < -0.4 is 10.5 Å². The Morgan fingerprint density at radius 1 is 1.18 bits per heavy atom. The fourth-order valence-corrected chi connectivity index (χ4v) is 3.79. The molecule has 1 heterocycles. The van der Waals surface area contributed by atoms with Gasteiger partial charge in [0.15, 0.2) is 22.3 Å². The summed E-state index contributed by atoms with van der Waals surface area (Å²) in [5.41, 5.74) is 3.59. The Morgan fingerprint density at radius 3 is 2.39 bits per heavy atom. The van der Waals surface area contributed by atoms with Gasteiger partial charge in [-0.05, 0) is 40.2 Å². The first kappa shape index (κ1) is 28.8.